The van der Waals surface area contributed by atoms with Crippen LogP contribution in [0.5, 0.6) is 11.5 Å². The Labute approximate surface area is 227 Å². The zero-order valence-corrected chi connectivity index (χ0v) is 22.5. The Balaban J connectivity index is 1.72. The second-order valence-corrected chi connectivity index (χ2v) is 10.9. The van der Waals surface area contributed by atoms with Crippen LogP contribution < -0.4 is 19.1 Å². The summed E-state index contributed by atoms with van der Waals surface area (Å²) >= 11 is 0. The van der Waals surface area contributed by atoms with Crippen molar-refractivity contribution in [3.05, 3.63) is 89.7 Å². The van der Waals surface area contributed by atoms with E-state index in [1.807, 2.05) is 30.3 Å². The maximum absolute atomic E-state index is 14.7. The SMILES string of the molecule is CCNC(=O)[C@@H](Cc1ccccc1)N(Cc1ccccc1F)C(=O)CN(c1ccc2c(c1)OCO2)S(C)(=O)=O. The van der Waals surface area contributed by atoms with Crippen LogP contribution >= 0.6 is 0 Å². The molecule has 2 amide bonds. The number of fused-ring (bicyclic) bond motifs is 1. The quantitative estimate of drug-likeness (QED) is 0.390. The van der Waals surface area contributed by atoms with Crippen LogP contribution in [-0.4, -0.2) is 57.3 Å². The number of benzene rings is 3. The number of amides is 2. The van der Waals surface area contributed by atoms with Crippen molar-refractivity contribution in [3.8, 4) is 11.5 Å². The van der Waals surface area contributed by atoms with Crippen molar-refractivity contribution >= 4 is 27.5 Å². The first-order chi connectivity index (χ1) is 18.7. The van der Waals surface area contributed by atoms with Crippen molar-refractivity contribution in [3.63, 3.8) is 0 Å². The zero-order chi connectivity index (χ0) is 28.0. The van der Waals surface area contributed by atoms with Crippen molar-refractivity contribution in [2.75, 3.05) is 30.4 Å². The fourth-order valence-corrected chi connectivity index (χ4v) is 5.15. The van der Waals surface area contributed by atoms with Crippen LogP contribution in [0, 0.1) is 5.82 Å². The normalized spacial score (nSPS) is 13.0. The van der Waals surface area contributed by atoms with E-state index in [-0.39, 0.29) is 31.0 Å². The molecule has 0 saturated heterocycles. The number of hydrogen-bond acceptors (Lipinski definition) is 6. The van der Waals surface area contributed by atoms with Gasteiger partial charge in [0.1, 0.15) is 18.4 Å². The van der Waals surface area contributed by atoms with Crippen molar-refractivity contribution < 1.29 is 31.9 Å². The number of nitrogens with one attached hydrogen (secondary N) is 1. The Morgan fingerprint density at radius 3 is 2.38 bits per heavy atom. The fraction of sp³-hybridized carbons (Fsp3) is 0.286. The van der Waals surface area contributed by atoms with E-state index in [1.165, 1.54) is 35.2 Å². The first kappa shape index (κ1) is 27.9. The number of likely N-dealkylation sites (N-methyl/N-ethyl adjacent to an activating group) is 1. The summed E-state index contributed by atoms with van der Waals surface area (Å²) in [6.07, 6.45) is 1.13. The third kappa shape index (κ3) is 6.85. The van der Waals surface area contributed by atoms with Gasteiger partial charge in [0.2, 0.25) is 28.6 Å². The molecule has 0 aliphatic carbocycles. The topological polar surface area (TPSA) is 105 Å². The van der Waals surface area contributed by atoms with E-state index in [0.717, 1.165) is 16.1 Å². The van der Waals surface area contributed by atoms with Gasteiger partial charge in [0.15, 0.2) is 11.5 Å². The minimum absolute atomic E-state index is 0.000710. The lowest BCUT2D eigenvalue weighted by Crippen LogP contribution is -2.53. The number of nitrogens with zero attached hydrogens (tertiary/aromatic N) is 2. The summed E-state index contributed by atoms with van der Waals surface area (Å²) in [7, 11) is -3.95. The minimum Gasteiger partial charge on any atom is -0.454 e. The molecule has 1 atom stereocenters. The van der Waals surface area contributed by atoms with Crippen molar-refractivity contribution in [2.45, 2.75) is 25.9 Å². The molecule has 3 aromatic rings. The van der Waals surface area contributed by atoms with Crippen LogP contribution in [0.2, 0.25) is 0 Å². The van der Waals surface area contributed by atoms with Crippen LogP contribution in [0.25, 0.3) is 0 Å². The number of rotatable bonds is 11. The second kappa shape index (κ2) is 12.2. The second-order valence-electron chi connectivity index (χ2n) is 9.02. The molecule has 0 saturated carbocycles. The largest absolute Gasteiger partial charge is 0.454 e. The molecule has 1 N–H and O–H groups in total. The van der Waals surface area contributed by atoms with E-state index < -0.39 is 40.2 Å². The summed E-state index contributed by atoms with van der Waals surface area (Å²) < 4.78 is 52.0. The van der Waals surface area contributed by atoms with Crippen molar-refractivity contribution in [1.29, 1.82) is 0 Å². The molecule has 11 heteroatoms. The van der Waals surface area contributed by atoms with E-state index in [1.54, 1.807) is 19.1 Å². The lowest BCUT2D eigenvalue weighted by Gasteiger charge is -2.33. The van der Waals surface area contributed by atoms with E-state index in [9.17, 15) is 22.4 Å². The highest BCUT2D eigenvalue weighted by Crippen LogP contribution is 2.36. The predicted molar refractivity (Wildman–Crippen MR) is 144 cm³/mol. The van der Waals surface area contributed by atoms with E-state index in [4.69, 9.17) is 9.47 Å². The third-order valence-corrected chi connectivity index (χ3v) is 7.38. The number of carbonyl (C=O) groups is 2. The molecule has 0 bridgehead atoms. The Morgan fingerprint density at radius 1 is 1.00 bits per heavy atom. The van der Waals surface area contributed by atoms with Crippen molar-refractivity contribution in [1.82, 2.24) is 10.2 Å². The molecule has 9 nitrogen and oxygen atoms in total. The first-order valence-electron chi connectivity index (χ1n) is 12.4. The first-order valence-corrected chi connectivity index (χ1v) is 14.2. The molecular formula is C28H30FN3O6S. The number of anilines is 1. The van der Waals surface area contributed by atoms with Gasteiger partial charge >= 0.3 is 0 Å². The molecule has 0 fully saturated rings. The average Bonchev–Trinajstić information content (AvgIpc) is 3.38. The maximum atomic E-state index is 14.7. The summed E-state index contributed by atoms with van der Waals surface area (Å²) in [5.74, 6) is -0.839. The third-order valence-electron chi connectivity index (χ3n) is 6.24. The molecule has 0 spiro atoms. The number of carbonyl (C=O) groups excluding carboxylic acids is 2. The molecule has 4 rings (SSSR count). The average molecular weight is 556 g/mol. The monoisotopic (exact) mass is 555 g/mol. The van der Waals surface area contributed by atoms with Gasteiger partial charge in [-0.1, -0.05) is 48.5 Å². The molecule has 39 heavy (non-hydrogen) atoms. The highest BCUT2D eigenvalue weighted by molar-refractivity contribution is 7.92. The van der Waals surface area contributed by atoms with Crippen LogP contribution in [0.1, 0.15) is 18.1 Å². The summed E-state index contributed by atoms with van der Waals surface area (Å²) in [6.45, 7) is 1.22. The van der Waals surface area contributed by atoms with Gasteiger partial charge in [0.25, 0.3) is 0 Å². The lowest BCUT2D eigenvalue weighted by atomic mass is 10.0. The number of hydrogen-bond donors (Lipinski definition) is 1. The number of halogens is 1. The van der Waals surface area contributed by atoms with E-state index in [0.29, 0.717) is 18.0 Å². The molecule has 0 radical (unpaired) electrons. The molecule has 1 aliphatic rings. The summed E-state index contributed by atoms with van der Waals surface area (Å²) in [5.41, 5.74) is 1.18. The van der Waals surface area contributed by atoms with Gasteiger partial charge in [-0.15, -0.1) is 0 Å². The Kier molecular flexibility index (Phi) is 8.70. The van der Waals surface area contributed by atoms with Gasteiger partial charge in [-0.3, -0.25) is 13.9 Å². The molecule has 0 aromatic heterocycles. The lowest BCUT2D eigenvalue weighted by molar-refractivity contribution is -0.140. The predicted octanol–water partition coefficient (Wildman–Crippen LogP) is 3.10. The number of ether oxygens (including phenoxy) is 2. The molecule has 206 valence electrons. The summed E-state index contributed by atoms with van der Waals surface area (Å²) in [6, 6.07) is 18.6. The van der Waals surface area contributed by atoms with Crippen molar-refractivity contribution in [2.24, 2.45) is 0 Å². The highest BCUT2D eigenvalue weighted by Gasteiger charge is 2.33. The number of sulfonamides is 1. The van der Waals surface area contributed by atoms with Gasteiger partial charge in [0, 0.05) is 31.1 Å². The van der Waals surface area contributed by atoms with E-state index >= 15 is 0 Å². The molecule has 3 aromatic carbocycles. The van der Waals surface area contributed by atoms with Gasteiger partial charge < -0.3 is 19.7 Å². The minimum atomic E-state index is -3.95. The van der Waals surface area contributed by atoms with Crippen LogP contribution in [0.15, 0.2) is 72.8 Å². The molecule has 0 unspecified atom stereocenters. The Morgan fingerprint density at radius 2 is 1.69 bits per heavy atom. The standard InChI is InChI=1S/C28H30FN3O6S/c1-3-30-28(34)24(15-20-9-5-4-6-10-20)31(17-21-11-7-8-12-23(21)29)27(33)18-32(39(2,35)36)22-13-14-25-26(16-22)38-19-37-25/h4-14,16,24H,3,15,17-19H2,1-2H3,(H,30,34)/t24-/m1/s1. The molecular weight excluding hydrogens is 525 g/mol. The molecule has 1 heterocycles. The van der Waals surface area contributed by atoms with Crippen LogP contribution in [0.4, 0.5) is 10.1 Å². The maximum Gasteiger partial charge on any atom is 0.244 e. The van der Waals surface area contributed by atoms with Gasteiger partial charge in [-0.2, -0.15) is 0 Å². The Hall–Kier alpha value is -4.12. The smallest absolute Gasteiger partial charge is 0.244 e. The van der Waals surface area contributed by atoms with Crippen LogP contribution in [-0.2, 0) is 32.6 Å². The highest BCUT2D eigenvalue weighted by atomic mass is 32.2. The van der Waals surface area contributed by atoms with Gasteiger partial charge in [-0.25, -0.2) is 12.8 Å². The van der Waals surface area contributed by atoms with Gasteiger partial charge in [0.05, 0.1) is 11.9 Å². The fourth-order valence-electron chi connectivity index (χ4n) is 4.31. The van der Waals surface area contributed by atoms with Crippen LogP contribution in [0.3, 0.4) is 0 Å². The summed E-state index contributed by atoms with van der Waals surface area (Å²) in [5, 5.41) is 2.76. The Bertz CT molecular complexity index is 1430. The summed E-state index contributed by atoms with van der Waals surface area (Å²) in [4.78, 5) is 28.5. The van der Waals surface area contributed by atoms with E-state index in [2.05, 4.69) is 5.32 Å². The molecule has 1 aliphatic heterocycles. The zero-order valence-electron chi connectivity index (χ0n) is 21.7. The van der Waals surface area contributed by atoms with Gasteiger partial charge in [-0.05, 0) is 30.7 Å².